The maximum Gasteiger partial charge on any atom is 0.170 e. The summed E-state index contributed by atoms with van der Waals surface area (Å²) in [5, 5.41) is 19.4. The van der Waals surface area contributed by atoms with Crippen LogP contribution in [0.25, 0.3) is 0 Å². The molecule has 0 saturated carbocycles. The third-order valence-electron chi connectivity index (χ3n) is 3.13. The predicted octanol–water partition coefficient (Wildman–Crippen LogP) is 2.56. The molecule has 106 valence electrons. The molecule has 1 aromatic carbocycles. The van der Waals surface area contributed by atoms with Crippen molar-refractivity contribution >= 4 is 17.2 Å². The monoisotopic (exact) mass is 289 g/mol. The molecule has 1 atom stereocenters. The van der Waals surface area contributed by atoms with E-state index >= 15 is 0 Å². The number of thiophene rings is 1. The van der Waals surface area contributed by atoms with Crippen molar-refractivity contribution in [3.05, 3.63) is 57.8 Å². The summed E-state index contributed by atoms with van der Waals surface area (Å²) in [7, 11) is 0. The summed E-state index contributed by atoms with van der Waals surface area (Å²) in [6.07, 6.45) is 1.03. The Bertz CT molecular complexity index is 549. The third kappa shape index (κ3) is 4.08. The van der Waals surface area contributed by atoms with Crippen molar-refractivity contribution in [1.29, 1.82) is 0 Å². The van der Waals surface area contributed by atoms with Crippen LogP contribution in [-0.4, -0.2) is 17.1 Å². The molecule has 20 heavy (non-hydrogen) atoms. The lowest BCUT2D eigenvalue weighted by Gasteiger charge is -2.13. The van der Waals surface area contributed by atoms with Gasteiger partial charge in [-0.1, -0.05) is 29.4 Å². The van der Waals surface area contributed by atoms with Gasteiger partial charge in [0.15, 0.2) is 5.84 Å². The van der Waals surface area contributed by atoms with E-state index in [-0.39, 0.29) is 5.84 Å². The molecule has 2 aromatic rings. The van der Waals surface area contributed by atoms with Gasteiger partial charge >= 0.3 is 0 Å². The summed E-state index contributed by atoms with van der Waals surface area (Å²) in [4.78, 5) is 0. The molecule has 0 bridgehead atoms. The topological polar surface area (TPSA) is 70.6 Å². The Hall–Kier alpha value is -1.85. The molecule has 0 aliphatic carbocycles. The number of nitrogens with two attached hydrogens (primary N) is 1. The molecular formula is C15H19N3OS. The number of nitrogens with zero attached hydrogens (tertiary/aromatic N) is 1. The van der Waals surface area contributed by atoms with Gasteiger partial charge in [-0.25, -0.2) is 0 Å². The van der Waals surface area contributed by atoms with E-state index < -0.39 is 0 Å². The smallest absolute Gasteiger partial charge is 0.170 e. The molecule has 0 fully saturated rings. The first kappa shape index (κ1) is 14.6. The Kier molecular flexibility index (Phi) is 5.15. The Labute approximate surface area is 122 Å². The first-order chi connectivity index (χ1) is 9.69. The zero-order chi connectivity index (χ0) is 14.4. The van der Waals surface area contributed by atoms with Crippen LogP contribution in [0, 0.1) is 0 Å². The van der Waals surface area contributed by atoms with Crippen molar-refractivity contribution in [2.45, 2.75) is 25.9 Å². The molecule has 0 aliphatic heterocycles. The maximum atomic E-state index is 8.61. The second-order valence-corrected chi connectivity index (χ2v) is 5.58. The fourth-order valence-corrected chi connectivity index (χ4v) is 2.66. The normalized spacial score (nSPS) is 13.3. The van der Waals surface area contributed by atoms with Crippen LogP contribution in [0.2, 0.25) is 0 Å². The summed E-state index contributed by atoms with van der Waals surface area (Å²) in [5.74, 6) is 0.135. The quantitative estimate of drug-likeness (QED) is 0.331. The summed E-state index contributed by atoms with van der Waals surface area (Å²) >= 11 is 1.73. The zero-order valence-corrected chi connectivity index (χ0v) is 12.2. The van der Waals surface area contributed by atoms with Crippen LogP contribution in [-0.2, 0) is 13.0 Å². The molecule has 0 saturated heterocycles. The van der Waals surface area contributed by atoms with E-state index in [4.69, 9.17) is 10.9 Å². The van der Waals surface area contributed by atoms with Crippen molar-refractivity contribution in [3.63, 3.8) is 0 Å². The average molecular weight is 289 g/mol. The summed E-state index contributed by atoms with van der Waals surface area (Å²) in [5.41, 5.74) is 8.80. The lowest BCUT2D eigenvalue weighted by molar-refractivity contribution is 0.318. The summed E-state index contributed by atoms with van der Waals surface area (Å²) in [6, 6.07) is 10.3. The molecule has 0 amide bonds. The molecule has 1 heterocycles. The Morgan fingerprint density at radius 1 is 1.30 bits per heavy atom. The van der Waals surface area contributed by atoms with Gasteiger partial charge in [0.2, 0.25) is 0 Å². The van der Waals surface area contributed by atoms with Gasteiger partial charge in [-0.2, -0.15) is 11.3 Å². The van der Waals surface area contributed by atoms with Crippen molar-refractivity contribution < 1.29 is 5.21 Å². The number of oxime groups is 1. The standard InChI is InChI=1S/C15H19N3OS/c1-11(8-13-6-7-20-10-13)17-9-12-2-4-14(5-3-12)15(16)18-19/h2-7,10-11,17,19H,8-9H2,1H3,(H2,16,18). The molecule has 4 N–H and O–H groups in total. The number of rotatable bonds is 6. The lowest BCUT2D eigenvalue weighted by Crippen LogP contribution is -2.27. The van der Waals surface area contributed by atoms with Gasteiger partial charge < -0.3 is 16.3 Å². The first-order valence-corrected chi connectivity index (χ1v) is 7.44. The largest absolute Gasteiger partial charge is 0.409 e. The summed E-state index contributed by atoms with van der Waals surface area (Å²) in [6.45, 7) is 2.99. The van der Waals surface area contributed by atoms with Gasteiger partial charge in [0.25, 0.3) is 0 Å². The van der Waals surface area contributed by atoms with Crippen LogP contribution in [0.4, 0.5) is 0 Å². The molecule has 2 rings (SSSR count). The Balaban J connectivity index is 1.84. The molecule has 1 unspecified atom stereocenters. The highest BCUT2D eigenvalue weighted by atomic mass is 32.1. The molecular weight excluding hydrogens is 270 g/mol. The van der Waals surface area contributed by atoms with Gasteiger partial charge in [0, 0.05) is 18.2 Å². The van der Waals surface area contributed by atoms with Gasteiger partial charge in [0.05, 0.1) is 0 Å². The third-order valence-corrected chi connectivity index (χ3v) is 3.87. The van der Waals surface area contributed by atoms with Crippen molar-refractivity contribution in [2.75, 3.05) is 0 Å². The Morgan fingerprint density at radius 2 is 2.05 bits per heavy atom. The van der Waals surface area contributed by atoms with Gasteiger partial charge in [-0.3, -0.25) is 0 Å². The zero-order valence-electron chi connectivity index (χ0n) is 11.4. The number of hydrogen-bond acceptors (Lipinski definition) is 4. The van der Waals surface area contributed by atoms with E-state index in [9.17, 15) is 0 Å². The number of amidine groups is 1. The molecule has 5 heteroatoms. The minimum absolute atomic E-state index is 0.135. The summed E-state index contributed by atoms with van der Waals surface area (Å²) < 4.78 is 0. The van der Waals surface area contributed by atoms with Crippen LogP contribution < -0.4 is 11.1 Å². The minimum atomic E-state index is 0.135. The molecule has 0 aliphatic rings. The molecule has 0 radical (unpaired) electrons. The SMILES string of the molecule is CC(Cc1ccsc1)NCc1ccc(C(N)=NO)cc1. The second kappa shape index (κ2) is 7.07. The second-order valence-electron chi connectivity index (χ2n) is 4.80. The van der Waals surface area contributed by atoms with E-state index in [1.54, 1.807) is 11.3 Å². The number of benzene rings is 1. The van der Waals surface area contributed by atoms with Gasteiger partial charge in [0.1, 0.15) is 0 Å². The average Bonchev–Trinajstić information content (AvgIpc) is 2.97. The van der Waals surface area contributed by atoms with Crippen molar-refractivity contribution in [2.24, 2.45) is 10.9 Å². The molecule has 1 aromatic heterocycles. The van der Waals surface area contributed by atoms with Crippen molar-refractivity contribution in [1.82, 2.24) is 5.32 Å². The van der Waals surface area contributed by atoms with Gasteiger partial charge in [-0.15, -0.1) is 0 Å². The lowest BCUT2D eigenvalue weighted by atomic mass is 10.1. The van der Waals surface area contributed by atoms with Gasteiger partial charge in [-0.05, 0) is 41.3 Å². The minimum Gasteiger partial charge on any atom is -0.409 e. The highest BCUT2D eigenvalue weighted by Crippen LogP contribution is 2.09. The van der Waals surface area contributed by atoms with Crippen molar-refractivity contribution in [3.8, 4) is 0 Å². The van der Waals surface area contributed by atoms with E-state index in [0.717, 1.165) is 18.5 Å². The van der Waals surface area contributed by atoms with E-state index in [1.807, 2.05) is 24.3 Å². The van der Waals surface area contributed by atoms with Crippen LogP contribution in [0.5, 0.6) is 0 Å². The fourth-order valence-electron chi connectivity index (χ4n) is 1.98. The van der Waals surface area contributed by atoms with Crippen LogP contribution >= 0.6 is 11.3 Å². The predicted molar refractivity (Wildman–Crippen MR) is 83.3 cm³/mol. The van der Waals surface area contributed by atoms with Crippen LogP contribution in [0.1, 0.15) is 23.6 Å². The highest BCUT2D eigenvalue weighted by molar-refractivity contribution is 7.07. The van der Waals surface area contributed by atoms with Crippen LogP contribution in [0.3, 0.4) is 0 Å². The maximum absolute atomic E-state index is 8.61. The fraction of sp³-hybridized carbons (Fsp3) is 0.267. The van der Waals surface area contributed by atoms with Crippen LogP contribution in [0.15, 0.2) is 46.2 Å². The number of nitrogens with one attached hydrogen (secondary N) is 1. The number of hydrogen-bond donors (Lipinski definition) is 3. The first-order valence-electron chi connectivity index (χ1n) is 6.50. The molecule has 4 nitrogen and oxygen atoms in total. The van der Waals surface area contributed by atoms with E-state index in [0.29, 0.717) is 6.04 Å². The highest BCUT2D eigenvalue weighted by Gasteiger charge is 2.04. The molecule has 0 spiro atoms. The Morgan fingerprint density at radius 3 is 2.65 bits per heavy atom. The van der Waals surface area contributed by atoms with E-state index in [1.165, 1.54) is 11.1 Å². The van der Waals surface area contributed by atoms with E-state index in [2.05, 4.69) is 34.2 Å².